The fourth-order valence-electron chi connectivity index (χ4n) is 1.74. The Kier molecular flexibility index (Phi) is 6.90. The quantitative estimate of drug-likeness (QED) is 0.598. The van der Waals surface area contributed by atoms with Crippen LogP contribution in [-0.2, 0) is 16.1 Å². The van der Waals surface area contributed by atoms with E-state index in [-0.39, 0.29) is 30.8 Å². The molecule has 1 N–H and O–H groups in total. The Morgan fingerprint density at radius 2 is 2.08 bits per heavy atom. The highest BCUT2D eigenvalue weighted by Gasteiger charge is 2.19. The Labute approximate surface area is 140 Å². The summed E-state index contributed by atoms with van der Waals surface area (Å²) in [6.07, 6.45) is -0.531. The molecule has 9 heteroatoms. The number of pyridine rings is 1. The van der Waals surface area contributed by atoms with Crippen LogP contribution in [-0.4, -0.2) is 41.4 Å². The maximum atomic E-state index is 11.6. The molecule has 1 amide bonds. The van der Waals surface area contributed by atoms with Crippen molar-refractivity contribution in [3.63, 3.8) is 0 Å². The van der Waals surface area contributed by atoms with Crippen molar-refractivity contribution in [1.29, 1.82) is 0 Å². The van der Waals surface area contributed by atoms with Gasteiger partial charge >= 0.3 is 11.9 Å². The van der Waals surface area contributed by atoms with E-state index < -0.39 is 16.6 Å². The van der Waals surface area contributed by atoms with Crippen molar-refractivity contribution in [3.8, 4) is 5.75 Å². The molecule has 0 radical (unpaired) electrons. The number of ether oxygens (including phenoxy) is 3. The van der Waals surface area contributed by atoms with Gasteiger partial charge in [0.25, 0.3) is 0 Å². The van der Waals surface area contributed by atoms with Crippen LogP contribution in [0.4, 0.5) is 10.6 Å². The Bertz CT molecular complexity index is 585. The summed E-state index contributed by atoms with van der Waals surface area (Å²) in [7, 11) is 1.34. The number of aromatic nitrogens is 1. The van der Waals surface area contributed by atoms with Crippen LogP contribution in [0, 0.1) is 10.1 Å². The average molecular weight is 341 g/mol. The first-order valence-corrected chi connectivity index (χ1v) is 7.38. The number of alkyl carbamates (subject to hydrolysis) is 1. The summed E-state index contributed by atoms with van der Waals surface area (Å²) in [4.78, 5) is 25.8. The lowest BCUT2D eigenvalue weighted by Crippen LogP contribution is -2.39. The minimum Gasteiger partial charge on any atom is -0.489 e. The number of carbonyl (C=O) groups is 1. The number of nitrogens with one attached hydrogen (secondary N) is 1. The molecule has 9 nitrogen and oxygen atoms in total. The van der Waals surface area contributed by atoms with E-state index in [0.717, 1.165) is 0 Å². The monoisotopic (exact) mass is 341 g/mol. The van der Waals surface area contributed by atoms with E-state index in [1.165, 1.54) is 13.2 Å². The van der Waals surface area contributed by atoms with Crippen LogP contribution in [0.25, 0.3) is 0 Å². The maximum Gasteiger partial charge on any atom is 0.407 e. The van der Waals surface area contributed by atoms with Gasteiger partial charge in [-0.1, -0.05) is 0 Å². The number of carbonyl (C=O) groups excluding carboxylic acids is 1. The molecule has 0 saturated carbocycles. The Hall–Kier alpha value is -2.42. The summed E-state index contributed by atoms with van der Waals surface area (Å²) in [6.45, 7) is 7.36. The largest absolute Gasteiger partial charge is 0.489 e. The molecular formula is C15H23N3O6. The number of hydrogen-bond donors (Lipinski definition) is 1. The minimum atomic E-state index is -0.616. The molecule has 0 bridgehead atoms. The first-order valence-electron chi connectivity index (χ1n) is 7.38. The van der Waals surface area contributed by atoms with Crippen LogP contribution in [0.5, 0.6) is 5.75 Å². The van der Waals surface area contributed by atoms with Crippen molar-refractivity contribution in [2.75, 3.05) is 13.7 Å². The van der Waals surface area contributed by atoms with Crippen molar-refractivity contribution in [2.24, 2.45) is 0 Å². The summed E-state index contributed by atoms with van der Waals surface area (Å²) in [5, 5.41) is 13.5. The lowest BCUT2D eigenvalue weighted by atomic mass is 10.2. The molecular weight excluding hydrogens is 318 g/mol. The second-order valence-electron chi connectivity index (χ2n) is 6.15. The second-order valence-corrected chi connectivity index (χ2v) is 6.15. The van der Waals surface area contributed by atoms with Crippen molar-refractivity contribution in [1.82, 2.24) is 10.3 Å². The molecule has 1 atom stereocenters. The normalized spacial score (nSPS) is 12.4. The molecule has 0 aromatic carbocycles. The van der Waals surface area contributed by atoms with Crippen molar-refractivity contribution < 1.29 is 23.9 Å². The molecule has 0 aliphatic heterocycles. The highest BCUT2D eigenvalue weighted by molar-refractivity contribution is 5.68. The highest BCUT2D eigenvalue weighted by Crippen LogP contribution is 2.24. The molecule has 24 heavy (non-hydrogen) atoms. The van der Waals surface area contributed by atoms with Gasteiger partial charge in [0.1, 0.15) is 12.2 Å². The number of amides is 1. The predicted molar refractivity (Wildman–Crippen MR) is 85.9 cm³/mol. The van der Waals surface area contributed by atoms with Crippen LogP contribution < -0.4 is 10.1 Å². The zero-order valence-corrected chi connectivity index (χ0v) is 14.5. The van der Waals surface area contributed by atoms with E-state index in [4.69, 9.17) is 14.2 Å². The molecule has 0 aliphatic carbocycles. The zero-order chi connectivity index (χ0) is 18.3. The van der Waals surface area contributed by atoms with Gasteiger partial charge in [-0.25, -0.2) is 4.79 Å². The third-order valence-electron chi connectivity index (χ3n) is 2.67. The van der Waals surface area contributed by atoms with Gasteiger partial charge in [0.05, 0.1) is 19.8 Å². The molecule has 134 valence electrons. The summed E-state index contributed by atoms with van der Waals surface area (Å²) >= 11 is 0. The summed E-state index contributed by atoms with van der Waals surface area (Å²) in [6, 6.07) is 2.76. The lowest BCUT2D eigenvalue weighted by molar-refractivity contribution is -0.390. The summed E-state index contributed by atoms with van der Waals surface area (Å²) in [5.74, 6) is -0.276. The van der Waals surface area contributed by atoms with E-state index in [0.29, 0.717) is 5.69 Å². The number of nitrogens with zero attached hydrogens (tertiary/aromatic N) is 2. The third-order valence-corrected chi connectivity index (χ3v) is 2.67. The number of rotatable bonds is 7. The zero-order valence-electron chi connectivity index (χ0n) is 14.5. The smallest absolute Gasteiger partial charge is 0.407 e. The van der Waals surface area contributed by atoms with Gasteiger partial charge in [-0.3, -0.25) is 0 Å². The SMILES string of the molecule is COc1ccc(COC[C@@H](C)NC(=O)OC(C)(C)C)nc1[N+](=O)[O-]. The van der Waals surface area contributed by atoms with Gasteiger partial charge in [0, 0.05) is 0 Å². The fourth-order valence-corrected chi connectivity index (χ4v) is 1.74. The molecule has 0 unspecified atom stereocenters. The Morgan fingerprint density at radius 3 is 2.62 bits per heavy atom. The van der Waals surface area contributed by atoms with Crippen molar-refractivity contribution >= 4 is 11.9 Å². The third kappa shape index (κ3) is 6.78. The van der Waals surface area contributed by atoms with Gasteiger partial charge < -0.3 is 29.6 Å². The first kappa shape index (κ1) is 19.6. The van der Waals surface area contributed by atoms with Crippen LogP contribution >= 0.6 is 0 Å². The number of hydrogen-bond acceptors (Lipinski definition) is 7. The highest BCUT2D eigenvalue weighted by atomic mass is 16.6. The standard InChI is InChI=1S/C15H23N3O6/c1-10(16-14(19)24-15(2,3)4)8-23-9-11-6-7-12(22-5)13(17-11)18(20)21/h6-7,10H,8-9H2,1-5H3,(H,16,19)/t10-/m1/s1. The fraction of sp³-hybridized carbons (Fsp3) is 0.600. The molecule has 1 aromatic heterocycles. The van der Waals surface area contributed by atoms with Gasteiger partial charge in [-0.05, 0) is 49.7 Å². The van der Waals surface area contributed by atoms with Crippen LogP contribution in [0.15, 0.2) is 12.1 Å². The van der Waals surface area contributed by atoms with E-state index in [2.05, 4.69) is 10.3 Å². The lowest BCUT2D eigenvalue weighted by Gasteiger charge is -2.21. The van der Waals surface area contributed by atoms with Crippen LogP contribution in [0.2, 0.25) is 0 Å². The second kappa shape index (κ2) is 8.44. The van der Waals surface area contributed by atoms with Crippen LogP contribution in [0.3, 0.4) is 0 Å². The molecule has 1 aromatic rings. The number of nitro groups is 1. The van der Waals surface area contributed by atoms with E-state index >= 15 is 0 Å². The van der Waals surface area contributed by atoms with Crippen molar-refractivity contribution in [2.45, 2.75) is 45.9 Å². The van der Waals surface area contributed by atoms with E-state index in [9.17, 15) is 14.9 Å². The molecule has 0 aliphatic rings. The van der Waals surface area contributed by atoms with Crippen LogP contribution in [0.1, 0.15) is 33.4 Å². The predicted octanol–water partition coefficient (Wildman–Crippen LogP) is 2.43. The average Bonchev–Trinajstić information content (AvgIpc) is 2.44. The van der Waals surface area contributed by atoms with Crippen molar-refractivity contribution in [3.05, 3.63) is 27.9 Å². The molecule has 0 spiro atoms. The van der Waals surface area contributed by atoms with E-state index in [1.54, 1.807) is 33.8 Å². The molecule has 1 heterocycles. The molecule has 0 fully saturated rings. The van der Waals surface area contributed by atoms with E-state index in [1.807, 2.05) is 0 Å². The Balaban J connectivity index is 2.48. The molecule has 1 rings (SSSR count). The van der Waals surface area contributed by atoms with Gasteiger partial charge in [0.2, 0.25) is 5.75 Å². The van der Waals surface area contributed by atoms with Gasteiger partial charge in [0.15, 0.2) is 5.69 Å². The number of methoxy groups -OCH3 is 1. The Morgan fingerprint density at radius 1 is 1.42 bits per heavy atom. The summed E-state index contributed by atoms with van der Waals surface area (Å²) in [5.41, 5.74) is -0.177. The minimum absolute atomic E-state index is 0.0746. The maximum absolute atomic E-state index is 11.6. The topological polar surface area (TPSA) is 113 Å². The summed E-state index contributed by atoms with van der Waals surface area (Å²) < 4.78 is 15.4. The first-order chi connectivity index (χ1) is 11.1. The van der Waals surface area contributed by atoms with Gasteiger partial charge in [-0.15, -0.1) is 0 Å². The van der Waals surface area contributed by atoms with Gasteiger partial charge in [-0.2, -0.15) is 0 Å². The molecule has 0 saturated heterocycles.